The van der Waals surface area contributed by atoms with Crippen molar-refractivity contribution >= 4 is 24.4 Å². The molecule has 0 radical (unpaired) electrons. The van der Waals surface area contributed by atoms with Gasteiger partial charge < -0.3 is 20.3 Å². The van der Waals surface area contributed by atoms with Crippen LogP contribution in [-0.2, 0) is 15.1 Å². The van der Waals surface area contributed by atoms with Crippen molar-refractivity contribution in [2.45, 2.75) is 57.0 Å². The highest BCUT2D eigenvalue weighted by Crippen LogP contribution is 2.46. The highest BCUT2D eigenvalue weighted by molar-refractivity contribution is 5.85. The number of methoxy groups -OCH3 is 1. The zero-order valence-electron chi connectivity index (χ0n) is 17.7. The first-order valence-electron chi connectivity index (χ1n) is 10.3. The van der Waals surface area contributed by atoms with E-state index in [0.29, 0.717) is 12.3 Å². The number of halogens is 1. The number of piperidine rings is 1. The fourth-order valence-corrected chi connectivity index (χ4v) is 4.73. The molecule has 2 N–H and O–H groups in total. The Kier molecular flexibility index (Phi) is 7.94. The van der Waals surface area contributed by atoms with E-state index in [0.717, 1.165) is 44.5 Å². The Morgan fingerprint density at radius 3 is 2.48 bits per heavy atom. The van der Waals surface area contributed by atoms with Gasteiger partial charge in [0.05, 0.1) is 18.2 Å². The molecular formula is C22H34ClN3O3. The quantitative estimate of drug-likeness (QED) is 0.659. The predicted octanol–water partition coefficient (Wildman–Crippen LogP) is 3.45. The molecule has 2 saturated heterocycles. The molecule has 1 aromatic rings. The number of esters is 1. The minimum absolute atomic E-state index is 0. The lowest BCUT2D eigenvalue weighted by Gasteiger charge is -2.45. The van der Waals surface area contributed by atoms with Gasteiger partial charge in [0.25, 0.3) is 0 Å². The van der Waals surface area contributed by atoms with Gasteiger partial charge in [-0.15, -0.1) is 12.4 Å². The molecule has 2 heterocycles. The van der Waals surface area contributed by atoms with E-state index in [4.69, 9.17) is 4.74 Å². The number of nitrogens with one attached hydrogen (secondary N) is 2. The van der Waals surface area contributed by atoms with Crippen molar-refractivity contribution in [2.75, 3.05) is 26.7 Å². The summed E-state index contributed by atoms with van der Waals surface area (Å²) in [5, 5.41) is 6.61. The average molecular weight is 424 g/mol. The second-order valence-corrected chi connectivity index (χ2v) is 8.41. The molecule has 0 spiro atoms. The number of amides is 2. The molecule has 1 aromatic carbocycles. The van der Waals surface area contributed by atoms with Gasteiger partial charge in [0.2, 0.25) is 0 Å². The van der Waals surface area contributed by atoms with Crippen LogP contribution >= 0.6 is 12.4 Å². The minimum atomic E-state index is -0.562. The van der Waals surface area contributed by atoms with Gasteiger partial charge >= 0.3 is 12.0 Å². The Morgan fingerprint density at radius 2 is 1.86 bits per heavy atom. The van der Waals surface area contributed by atoms with Crippen molar-refractivity contribution in [3.63, 3.8) is 0 Å². The van der Waals surface area contributed by atoms with Crippen molar-refractivity contribution in [3.05, 3.63) is 35.9 Å². The average Bonchev–Trinajstić information content (AvgIpc) is 2.92. The molecule has 3 rings (SSSR count). The predicted molar refractivity (Wildman–Crippen MR) is 116 cm³/mol. The first-order valence-corrected chi connectivity index (χ1v) is 10.3. The third-order valence-corrected chi connectivity index (χ3v) is 6.85. The highest BCUT2D eigenvalue weighted by atomic mass is 35.5. The molecule has 0 bridgehead atoms. The molecule has 2 aliphatic heterocycles. The third-order valence-electron chi connectivity index (χ3n) is 6.85. The number of hydrogen-bond donors (Lipinski definition) is 2. The van der Waals surface area contributed by atoms with Crippen LogP contribution in [0.3, 0.4) is 0 Å². The first kappa shape index (κ1) is 23.5. The van der Waals surface area contributed by atoms with Gasteiger partial charge in [-0.3, -0.25) is 4.79 Å². The summed E-state index contributed by atoms with van der Waals surface area (Å²) >= 11 is 0. The normalized spacial score (nSPS) is 27.3. The number of carbonyl (C=O) groups is 2. The van der Waals surface area contributed by atoms with Crippen LogP contribution in [0, 0.1) is 5.92 Å². The maximum Gasteiger partial charge on any atom is 0.318 e. The van der Waals surface area contributed by atoms with Gasteiger partial charge in [0, 0.05) is 13.0 Å². The Hall–Kier alpha value is -1.79. The number of benzene rings is 1. The SMILES string of the molecule is COC(=O)CC[C@]1(C)NC(=O)N(CCC2CCNCC2)[C@@]1(C)c1ccccc1.Cl. The number of ether oxygens (including phenoxy) is 1. The second-order valence-electron chi connectivity index (χ2n) is 8.41. The standard InChI is InChI=1S/C22H33N3O3.ClH/c1-21(13-9-19(26)28-3)22(2,18-7-5-4-6-8-18)25(20(27)24-21)16-12-17-10-14-23-15-11-17;/h4-8,17,23H,9-16H2,1-3H3,(H,24,27);1H/t21-,22-;/m0./s1. The lowest BCUT2D eigenvalue weighted by atomic mass is 9.72. The van der Waals surface area contributed by atoms with Crippen molar-refractivity contribution in [1.82, 2.24) is 15.5 Å². The summed E-state index contributed by atoms with van der Waals surface area (Å²) in [6.45, 7) is 7.01. The van der Waals surface area contributed by atoms with E-state index in [-0.39, 0.29) is 30.8 Å². The third kappa shape index (κ3) is 4.69. The highest BCUT2D eigenvalue weighted by Gasteiger charge is 2.57. The van der Waals surface area contributed by atoms with E-state index in [2.05, 4.69) is 29.7 Å². The molecule has 6 nitrogen and oxygen atoms in total. The minimum Gasteiger partial charge on any atom is -0.469 e. The summed E-state index contributed by atoms with van der Waals surface area (Å²) < 4.78 is 4.84. The molecule has 0 saturated carbocycles. The van der Waals surface area contributed by atoms with Crippen LogP contribution in [0.2, 0.25) is 0 Å². The Balaban J connectivity index is 0.00000300. The Bertz CT molecular complexity index is 696. The molecule has 2 amide bonds. The van der Waals surface area contributed by atoms with Crippen molar-refractivity contribution < 1.29 is 14.3 Å². The number of urea groups is 1. The van der Waals surface area contributed by atoms with Gasteiger partial charge in [-0.05, 0) is 64.1 Å². The van der Waals surface area contributed by atoms with Gasteiger partial charge in [0.15, 0.2) is 0 Å². The number of carbonyl (C=O) groups excluding carboxylic acids is 2. The van der Waals surface area contributed by atoms with E-state index < -0.39 is 11.1 Å². The van der Waals surface area contributed by atoms with E-state index in [1.807, 2.05) is 30.0 Å². The van der Waals surface area contributed by atoms with Crippen molar-refractivity contribution in [3.8, 4) is 0 Å². The van der Waals surface area contributed by atoms with Gasteiger partial charge in [0.1, 0.15) is 0 Å². The van der Waals surface area contributed by atoms with Crippen molar-refractivity contribution in [2.24, 2.45) is 5.92 Å². The van der Waals surface area contributed by atoms with Crippen LogP contribution in [0.25, 0.3) is 0 Å². The monoisotopic (exact) mass is 423 g/mol. The summed E-state index contributed by atoms with van der Waals surface area (Å²) in [4.78, 5) is 26.8. The lowest BCUT2D eigenvalue weighted by molar-refractivity contribution is -0.141. The summed E-state index contributed by atoms with van der Waals surface area (Å²) in [6, 6.07) is 10.1. The van der Waals surface area contributed by atoms with E-state index >= 15 is 0 Å². The number of nitrogens with zero attached hydrogens (tertiary/aromatic N) is 1. The second kappa shape index (κ2) is 9.81. The number of hydrogen-bond acceptors (Lipinski definition) is 4. The van der Waals surface area contributed by atoms with E-state index in [1.54, 1.807) is 0 Å². The van der Waals surface area contributed by atoms with Gasteiger partial charge in [-0.1, -0.05) is 30.3 Å². The maximum absolute atomic E-state index is 13.1. The fraction of sp³-hybridized carbons (Fsp3) is 0.636. The largest absolute Gasteiger partial charge is 0.469 e. The van der Waals surface area contributed by atoms with Gasteiger partial charge in [-0.2, -0.15) is 0 Å². The molecular weight excluding hydrogens is 390 g/mol. The molecule has 2 atom stereocenters. The van der Waals surface area contributed by atoms with Crippen LogP contribution in [0.5, 0.6) is 0 Å². The van der Waals surface area contributed by atoms with Gasteiger partial charge in [-0.25, -0.2) is 4.79 Å². The summed E-state index contributed by atoms with van der Waals surface area (Å²) in [7, 11) is 1.40. The summed E-state index contributed by atoms with van der Waals surface area (Å²) in [5.41, 5.74) is -0.00828. The van der Waals surface area contributed by atoms with Crippen LogP contribution < -0.4 is 10.6 Å². The lowest BCUT2D eigenvalue weighted by Crippen LogP contribution is -2.55. The molecule has 29 heavy (non-hydrogen) atoms. The molecule has 7 heteroatoms. The molecule has 0 aliphatic carbocycles. The summed E-state index contributed by atoms with van der Waals surface area (Å²) in [5.74, 6) is 0.398. The van der Waals surface area contributed by atoms with E-state index in [1.165, 1.54) is 7.11 Å². The zero-order valence-corrected chi connectivity index (χ0v) is 18.5. The Morgan fingerprint density at radius 1 is 1.21 bits per heavy atom. The smallest absolute Gasteiger partial charge is 0.318 e. The van der Waals surface area contributed by atoms with Crippen LogP contribution in [0.15, 0.2) is 30.3 Å². The Labute approximate surface area is 180 Å². The summed E-state index contributed by atoms with van der Waals surface area (Å²) in [6.07, 6.45) is 4.14. The molecule has 162 valence electrons. The van der Waals surface area contributed by atoms with E-state index in [9.17, 15) is 9.59 Å². The van der Waals surface area contributed by atoms with Crippen molar-refractivity contribution in [1.29, 1.82) is 0 Å². The van der Waals surface area contributed by atoms with Crippen LogP contribution in [0.4, 0.5) is 4.79 Å². The fourth-order valence-electron chi connectivity index (χ4n) is 4.73. The molecule has 0 aromatic heterocycles. The van der Waals surface area contributed by atoms with Crippen LogP contribution in [-0.4, -0.2) is 49.2 Å². The molecule has 2 fully saturated rings. The maximum atomic E-state index is 13.1. The zero-order chi connectivity index (χ0) is 20.2. The number of rotatable bonds is 7. The molecule has 2 aliphatic rings. The topological polar surface area (TPSA) is 70.7 Å². The first-order chi connectivity index (χ1) is 13.4. The molecule has 0 unspecified atom stereocenters. The van der Waals surface area contributed by atoms with Crippen LogP contribution in [0.1, 0.15) is 51.5 Å².